The van der Waals surface area contributed by atoms with Crippen molar-refractivity contribution in [2.24, 2.45) is 0 Å². The Kier molecular flexibility index (Phi) is 5.40. The second-order valence-corrected chi connectivity index (χ2v) is 5.08. The highest BCUT2D eigenvalue weighted by atomic mass is 16.1. The lowest BCUT2D eigenvalue weighted by Crippen LogP contribution is -2.14. The van der Waals surface area contributed by atoms with Crippen LogP contribution in [0.4, 0.5) is 0 Å². The highest BCUT2D eigenvalue weighted by molar-refractivity contribution is 6.03. The highest BCUT2D eigenvalue weighted by Gasteiger charge is 2.20. The van der Waals surface area contributed by atoms with Crippen LogP contribution in [0.25, 0.3) is 0 Å². The molecule has 0 aliphatic carbocycles. The number of ketones is 2. The maximum Gasteiger partial charge on any atom is 0.161 e. The Hall–Kier alpha value is -1.51. The second-order valence-electron chi connectivity index (χ2n) is 5.08. The smallest absolute Gasteiger partial charge is 0.161 e. The molecule has 0 bridgehead atoms. The summed E-state index contributed by atoms with van der Waals surface area (Å²) in [5.74, 6) is -0.00185. The van der Waals surface area contributed by atoms with E-state index in [1.807, 2.05) is 13.8 Å². The number of hydrogen-bond donors (Lipinski definition) is 0. The van der Waals surface area contributed by atoms with Gasteiger partial charge in [-0.2, -0.15) is 0 Å². The summed E-state index contributed by atoms with van der Waals surface area (Å²) in [4.78, 5) is 28.1. The van der Waals surface area contributed by atoms with Crippen LogP contribution in [-0.2, 0) is 6.42 Å². The van der Waals surface area contributed by atoms with Gasteiger partial charge in [0.2, 0.25) is 0 Å². The molecule has 0 amide bonds. The van der Waals surface area contributed by atoms with E-state index in [4.69, 9.17) is 0 Å². The number of pyridine rings is 1. The van der Waals surface area contributed by atoms with Gasteiger partial charge >= 0.3 is 0 Å². The van der Waals surface area contributed by atoms with Crippen molar-refractivity contribution in [2.75, 3.05) is 0 Å². The Labute approximate surface area is 115 Å². The molecule has 104 valence electrons. The van der Waals surface area contributed by atoms with Crippen molar-refractivity contribution < 1.29 is 9.59 Å². The molecule has 0 saturated carbocycles. The monoisotopic (exact) mass is 261 g/mol. The fourth-order valence-electron chi connectivity index (χ4n) is 2.66. The number of rotatable bonds is 6. The molecule has 1 aromatic heterocycles. The molecule has 19 heavy (non-hydrogen) atoms. The molecule has 0 atom stereocenters. The van der Waals surface area contributed by atoms with E-state index in [-0.39, 0.29) is 11.6 Å². The van der Waals surface area contributed by atoms with E-state index < -0.39 is 0 Å². The predicted octanol–water partition coefficient (Wildman–Crippen LogP) is 3.84. The highest BCUT2D eigenvalue weighted by Crippen LogP contribution is 2.24. The number of unbranched alkanes of at least 4 members (excludes halogenated alkanes) is 2. The summed E-state index contributed by atoms with van der Waals surface area (Å²) >= 11 is 0. The molecule has 0 N–H and O–H groups in total. The van der Waals surface area contributed by atoms with Crippen molar-refractivity contribution in [3.8, 4) is 0 Å². The number of Topliss-reactive ketones (excluding diaryl/α,β-unsaturated/α-hetero) is 2. The van der Waals surface area contributed by atoms with Crippen LogP contribution >= 0.6 is 0 Å². The summed E-state index contributed by atoms with van der Waals surface area (Å²) in [7, 11) is 0. The fourth-order valence-corrected chi connectivity index (χ4v) is 2.66. The van der Waals surface area contributed by atoms with Gasteiger partial charge in [0.25, 0.3) is 0 Å². The Bertz CT molecular complexity index is 466. The van der Waals surface area contributed by atoms with Crippen LogP contribution in [0.2, 0.25) is 0 Å². The molecule has 3 heteroatoms. The van der Waals surface area contributed by atoms with Gasteiger partial charge in [0, 0.05) is 22.5 Å². The Morgan fingerprint density at radius 3 is 1.79 bits per heavy atom. The van der Waals surface area contributed by atoms with Crippen LogP contribution in [0.1, 0.15) is 77.7 Å². The zero-order valence-corrected chi connectivity index (χ0v) is 12.6. The first kappa shape index (κ1) is 15.5. The predicted molar refractivity (Wildman–Crippen MR) is 76.9 cm³/mol. The third-order valence-corrected chi connectivity index (χ3v) is 3.40. The molecular formula is C16H23NO2. The van der Waals surface area contributed by atoms with Gasteiger partial charge in [-0.05, 0) is 46.1 Å². The van der Waals surface area contributed by atoms with Crippen molar-refractivity contribution in [1.29, 1.82) is 0 Å². The lowest BCUT2D eigenvalue weighted by atomic mass is 9.90. The zero-order chi connectivity index (χ0) is 14.6. The van der Waals surface area contributed by atoms with Gasteiger partial charge in [-0.15, -0.1) is 0 Å². The topological polar surface area (TPSA) is 47.0 Å². The first-order valence-electron chi connectivity index (χ1n) is 6.92. The van der Waals surface area contributed by atoms with Gasteiger partial charge < -0.3 is 0 Å². The van der Waals surface area contributed by atoms with Crippen molar-refractivity contribution >= 4 is 11.6 Å². The first-order valence-corrected chi connectivity index (χ1v) is 6.92. The van der Waals surface area contributed by atoms with E-state index >= 15 is 0 Å². The third-order valence-electron chi connectivity index (χ3n) is 3.40. The van der Waals surface area contributed by atoms with E-state index in [9.17, 15) is 9.59 Å². The largest absolute Gasteiger partial charge is 0.294 e. The molecule has 0 spiro atoms. The molecule has 1 aromatic rings. The van der Waals surface area contributed by atoms with Gasteiger partial charge in [0.05, 0.1) is 0 Å². The van der Waals surface area contributed by atoms with Crippen LogP contribution in [0.5, 0.6) is 0 Å². The Morgan fingerprint density at radius 2 is 1.42 bits per heavy atom. The fraction of sp³-hybridized carbons (Fsp3) is 0.562. The van der Waals surface area contributed by atoms with Crippen molar-refractivity contribution in [3.63, 3.8) is 0 Å². The second kappa shape index (κ2) is 6.60. The Morgan fingerprint density at radius 1 is 0.947 bits per heavy atom. The van der Waals surface area contributed by atoms with Gasteiger partial charge in [0.15, 0.2) is 11.6 Å². The quantitative estimate of drug-likeness (QED) is 0.577. The Balaban J connectivity index is 3.40. The number of carbonyl (C=O) groups excluding carboxylic acids is 2. The summed E-state index contributed by atoms with van der Waals surface area (Å²) in [5, 5.41) is 0. The molecule has 0 fully saturated rings. The first-order chi connectivity index (χ1) is 8.90. The van der Waals surface area contributed by atoms with Gasteiger partial charge in [-0.1, -0.05) is 19.8 Å². The number of nitrogens with zero attached hydrogens (tertiary/aromatic N) is 1. The number of aromatic nitrogens is 1. The van der Waals surface area contributed by atoms with Gasteiger partial charge in [-0.3, -0.25) is 14.6 Å². The molecule has 0 saturated heterocycles. The van der Waals surface area contributed by atoms with Crippen LogP contribution < -0.4 is 0 Å². The van der Waals surface area contributed by atoms with Crippen LogP contribution in [-0.4, -0.2) is 16.6 Å². The molecule has 0 radical (unpaired) electrons. The number of hydrogen-bond acceptors (Lipinski definition) is 3. The summed E-state index contributed by atoms with van der Waals surface area (Å²) in [5.41, 5.74) is 3.67. The van der Waals surface area contributed by atoms with Crippen LogP contribution in [0, 0.1) is 13.8 Å². The normalized spacial score (nSPS) is 10.6. The molecule has 1 rings (SSSR count). The number of carbonyl (C=O) groups is 2. The molecule has 0 unspecified atom stereocenters. The maximum absolute atomic E-state index is 11.9. The molecule has 0 aliphatic rings. The summed E-state index contributed by atoms with van der Waals surface area (Å²) < 4.78 is 0. The van der Waals surface area contributed by atoms with Crippen LogP contribution in [0.15, 0.2) is 0 Å². The van der Waals surface area contributed by atoms with Crippen molar-refractivity contribution in [2.45, 2.75) is 60.3 Å². The molecule has 0 aliphatic heterocycles. The summed E-state index contributed by atoms with van der Waals surface area (Å²) in [6, 6.07) is 0. The minimum atomic E-state index is -0.000927. The standard InChI is InChI=1S/C16H23NO2/c1-6-7-8-9-14-15(12(4)18)10(2)17-11(3)16(14)13(5)19/h6-9H2,1-5H3. The zero-order valence-electron chi connectivity index (χ0n) is 12.6. The SMILES string of the molecule is CCCCCc1c(C(C)=O)c(C)nc(C)c1C(C)=O. The summed E-state index contributed by atoms with van der Waals surface area (Å²) in [6.07, 6.45) is 4.00. The van der Waals surface area contributed by atoms with Crippen molar-refractivity contribution in [3.05, 3.63) is 28.1 Å². The molecule has 3 nitrogen and oxygen atoms in total. The minimum Gasteiger partial charge on any atom is -0.294 e. The van der Waals surface area contributed by atoms with Gasteiger partial charge in [-0.25, -0.2) is 0 Å². The third kappa shape index (κ3) is 3.49. The molecule has 0 aromatic carbocycles. The average molecular weight is 261 g/mol. The molecular weight excluding hydrogens is 238 g/mol. The molecule has 1 heterocycles. The maximum atomic E-state index is 11.9. The van der Waals surface area contributed by atoms with E-state index in [1.54, 1.807) is 13.8 Å². The van der Waals surface area contributed by atoms with E-state index in [2.05, 4.69) is 11.9 Å². The average Bonchev–Trinajstić information content (AvgIpc) is 2.27. The van der Waals surface area contributed by atoms with Crippen LogP contribution in [0.3, 0.4) is 0 Å². The van der Waals surface area contributed by atoms with Gasteiger partial charge in [0.1, 0.15) is 0 Å². The van der Waals surface area contributed by atoms with E-state index in [1.165, 1.54) is 0 Å². The van der Waals surface area contributed by atoms with E-state index in [0.717, 1.165) is 42.6 Å². The number of aryl methyl sites for hydroxylation is 2. The summed E-state index contributed by atoms with van der Waals surface area (Å²) in [6.45, 7) is 8.92. The lowest BCUT2D eigenvalue weighted by Gasteiger charge is -2.16. The minimum absolute atomic E-state index is 0.000927. The lowest BCUT2D eigenvalue weighted by molar-refractivity contribution is 0.101. The van der Waals surface area contributed by atoms with Crippen molar-refractivity contribution in [1.82, 2.24) is 4.98 Å². The van der Waals surface area contributed by atoms with E-state index in [0.29, 0.717) is 11.1 Å².